The first-order valence-electron chi connectivity index (χ1n) is 10.0. The highest BCUT2D eigenvalue weighted by atomic mass is 32.2. The molecule has 4 aromatic rings. The zero-order valence-electron chi connectivity index (χ0n) is 16.6. The van der Waals surface area contributed by atoms with Gasteiger partial charge in [-0.05, 0) is 30.7 Å². The van der Waals surface area contributed by atoms with Gasteiger partial charge in [-0.1, -0.05) is 12.1 Å². The van der Waals surface area contributed by atoms with Crippen LogP contribution < -0.4 is 5.32 Å². The molecule has 0 bridgehead atoms. The van der Waals surface area contributed by atoms with Crippen LogP contribution in [0.25, 0.3) is 22.5 Å². The Morgan fingerprint density at radius 1 is 1.26 bits per heavy atom. The molecule has 1 atom stereocenters. The van der Waals surface area contributed by atoms with Crippen LogP contribution in [-0.4, -0.2) is 52.1 Å². The van der Waals surface area contributed by atoms with E-state index in [1.54, 1.807) is 22.9 Å². The first-order valence-corrected chi connectivity index (χ1v) is 11.9. The third-order valence-electron chi connectivity index (χ3n) is 5.38. The highest BCUT2D eigenvalue weighted by molar-refractivity contribution is 7.91. The van der Waals surface area contributed by atoms with E-state index in [1.807, 2.05) is 24.3 Å². The molecule has 5 rings (SSSR count). The first-order chi connectivity index (χ1) is 15.0. The standard InChI is InChI=1S/C21H21N5O4S/c27-21(22-9-7-20-23-15-4-1-2-5-16(15)24-20)17-12-18(19-6-3-10-30-19)26(25-17)14-8-11-31(28,29)13-14/h1-6,10,12,14H,7-9,11,13H2,(H,22,27)(H,23,24). The second-order valence-corrected chi connectivity index (χ2v) is 9.83. The zero-order chi connectivity index (χ0) is 21.4. The summed E-state index contributed by atoms with van der Waals surface area (Å²) in [6.45, 7) is 0.388. The summed E-state index contributed by atoms with van der Waals surface area (Å²) < 4.78 is 31.0. The van der Waals surface area contributed by atoms with Crippen molar-refractivity contribution in [2.45, 2.75) is 18.9 Å². The van der Waals surface area contributed by atoms with E-state index in [0.29, 0.717) is 30.8 Å². The molecule has 10 heteroatoms. The van der Waals surface area contributed by atoms with Gasteiger partial charge in [-0.25, -0.2) is 13.4 Å². The summed E-state index contributed by atoms with van der Waals surface area (Å²) in [7, 11) is -3.10. The summed E-state index contributed by atoms with van der Waals surface area (Å²) in [5, 5.41) is 7.29. The van der Waals surface area contributed by atoms with Gasteiger partial charge in [0.15, 0.2) is 21.3 Å². The van der Waals surface area contributed by atoms with Gasteiger partial charge in [-0.2, -0.15) is 5.10 Å². The number of rotatable bonds is 6. The number of carbonyl (C=O) groups is 1. The van der Waals surface area contributed by atoms with Crippen molar-refractivity contribution < 1.29 is 17.6 Å². The molecule has 1 aromatic carbocycles. The van der Waals surface area contributed by atoms with Crippen LogP contribution in [0.3, 0.4) is 0 Å². The number of hydrogen-bond acceptors (Lipinski definition) is 6. The molecule has 0 aliphatic carbocycles. The third kappa shape index (κ3) is 3.98. The SMILES string of the molecule is O=C(NCCc1nc2ccccc2[nH]1)c1cc(-c2ccco2)n(C2CCS(=O)(=O)C2)n1. The van der Waals surface area contributed by atoms with Crippen LogP contribution in [0.1, 0.15) is 28.8 Å². The minimum atomic E-state index is -3.10. The van der Waals surface area contributed by atoms with E-state index in [9.17, 15) is 13.2 Å². The summed E-state index contributed by atoms with van der Waals surface area (Å²) in [4.78, 5) is 20.5. The van der Waals surface area contributed by atoms with Crippen LogP contribution in [0.5, 0.6) is 0 Å². The predicted molar refractivity (Wildman–Crippen MR) is 114 cm³/mol. The molecule has 0 spiro atoms. The lowest BCUT2D eigenvalue weighted by molar-refractivity contribution is 0.0948. The predicted octanol–water partition coefficient (Wildman–Crippen LogP) is 2.35. The van der Waals surface area contributed by atoms with E-state index in [2.05, 4.69) is 20.4 Å². The molecule has 0 radical (unpaired) electrons. The summed E-state index contributed by atoms with van der Waals surface area (Å²) in [5.41, 5.74) is 2.66. The normalized spacial score (nSPS) is 17.9. The minimum Gasteiger partial charge on any atom is -0.463 e. The lowest BCUT2D eigenvalue weighted by atomic mass is 10.2. The monoisotopic (exact) mass is 439 g/mol. The third-order valence-corrected chi connectivity index (χ3v) is 7.13. The number of nitrogens with one attached hydrogen (secondary N) is 2. The number of sulfone groups is 1. The first kappa shape index (κ1) is 19.6. The molecule has 9 nitrogen and oxygen atoms in total. The van der Waals surface area contributed by atoms with E-state index in [1.165, 1.54) is 6.26 Å². The molecule has 1 unspecified atom stereocenters. The van der Waals surface area contributed by atoms with Crippen molar-refractivity contribution >= 4 is 26.8 Å². The number of para-hydroxylation sites is 2. The van der Waals surface area contributed by atoms with Crippen LogP contribution in [0, 0.1) is 0 Å². The summed E-state index contributed by atoms with van der Waals surface area (Å²) >= 11 is 0. The van der Waals surface area contributed by atoms with Crippen LogP contribution in [0.15, 0.2) is 53.1 Å². The molecule has 1 aliphatic rings. The van der Waals surface area contributed by atoms with Gasteiger partial charge >= 0.3 is 0 Å². The smallest absolute Gasteiger partial charge is 0.271 e. The van der Waals surface area contributed by atoms with Crippen molar-refractivity contribution in [1.82, 2.24) is 25.1 Å². The number of furan rings is 1. The number of aromatic nitrogens is 4. The van der Waals surface area contributed by atoms with E-state index >= 15 is 0 Å². The van der Waals surface area contributed by atoms with Crippen LogP contribution in [-0.2, 0) is 16.3 Å². The van der Waals surface area contributed by atoms with Crippen LogP contribution in [0.4, 0.5) is 0 Å². The van der Waals surface area contributed by atoms with Gasteiger partial charge in [0.2, 0.25) is 0 Å². The van der Waals surface area contributed by atoms with E-state index in [-0.39, 0.29) is 29.1 Å². The second-order valence-electron chi connectivity index (χ2n) is 7.60. The van der Waals surface area contributed by atoms with E-state index < -0.39 is 9.84 Å². The van der Waals surface area contributed by atoms with Crippen molar-refractivity contribution in [2.24, 2.45) is 0 Å². The Labute approximate surface area is 178 Å². The Hall–Kier alpha value is -3.40. The minimum absolute atomic E-state index is 0.00943. The lowest BCUT2D eigenvalue weighted by Crippen LogP contribution is -2.26. The second kappa shape index (κ2) is 7.69. The van der Waals surface area contributed by atoms with Gasteiger partial charge in [-0.15, -0.1) is 0 Å². The van der Waals surface area contributed by atoms with Crippen molar-refractivity contribution in [3.63, 3.8) is 0 Å². The molecule has 3 aromatic heterocycles. The number of imidazole rings is 1. The molecule has 31 heavy (non-hydrogen) atoms. The average Bonchev–Trinajstić information content (AvgIpc) is 3.52. The Morgan fingerprint density at radius 2 is 2.13 bits per heavy atom. The lowest BCUT2D eigenvalue weighted by Gasteiger charge is -2.11. The molecular weight excluding hydrogens is 418 g/mol. The molecular formula is C21H21N5O4S. The maximum absolute atomic E-state index is 12.7. The van der Waals surface area contributed by atoms with Gasteiger partial charge in [0.25, 0.3) is 5.91 Å². The fourth-order valence-corrected chi connectivity index (χ4v) is 5.56. The Kier molecular flexibility index (Phi) is 4.85. The van der Waals surface area contributed by atoms with Gasteiger partial charge in [0.1, 0.15) is 11.5 Å². The number of aromatic amines is 1. The Morgan fingerprint density at radius 3 is 2.87 bits per heavy atom. The number of hydrogen-bond donors (Lipinski definition) is 2. The van der Waals surface area contributed by atoms with Crippen molar-refractivity contribution in [1.29, 1.82) is 0 Å². The molecule has 160 valence electrons. The Balaban J connectivity index is 1.32. The zero-order valence-corrected chi connectivity index (χ0v) is 17.4. The van der Waals surface area contributed by atoms with Gasteiger partial charge in [-0.3, -0.25) is 9.48 Å². The number of carbonyl (C=O) groups excluding carboxylic acids is 1. The van der Waals surface area contributed by atoms with Gasteiger partial charge in [0, 0.05) is 19.0 Å². The largest absolute Gasteiger partial charge is 0.463 e. The number of amides is 1. The number of nitrogens with zero attached hydrogens (tertiary/aromatic N) is 3. The maximum Gasteiger partial charge on any atom is 0.271 e. The van der Waals surface area contributed by atoms with Crippen LogP contribution >= 0.6 is 0 Å². The number of H-pyrrole nitrogens is 1. The molecule has 0 saturated carbocycles. The van der Waals surface area contributed by atoms with Crippen molar-refractivity contribution in [3.8, 4) is 11.5 Å². The average molecular weight is 439 g/mol. The highest BCUT2D eigenvalue weighted by Crippen LogP contribution is 2.30. The molecule has 1 aliphatic heterocycles. The molecule has 1 fully saturated rings. The van der Waals surface area contributed by atoms with E-state index in [0.717, 1.165) is 16.9 Å². The quantitative estimate of drug-likeness (QED) is 0.475. The van der Waals surface area contributed by atoms with Crippen molar-refractivity contribution in [2.75, 3.05) is 18.1 Å². The van der Waals surface area contributed by atoms with Crippen molar-refractivity contribution in [3.05, 3.63) is 60.2 Å². The molecule has 4 heterocycles. The fraction of sp³-hybridized carbons (Fsp3) is 0.286. The number of benzene rings is 1. The van der Waals surface area contributed by atoms with Gasteiger partial charge < -0.3 is 14.7 Å². The maximum atomic E-state index is 12.7. The number of fused-ring (bicyclic) bond motifs is 1. The van der Waals surface area contributed by atoms with Gasteiger partial charge in [0.05, 0.1) is 34.8 Å². The summed E-state index contributed by atoms with van der Waals surface area (Å²) in [6.07, 6.45) is 2.54. The fourth-order valence-electron chi connectivity index (χ4n) is 3.87. The highest BCUT2D eigenvalue weighted by Gasteiger charge is 2.32. The summed E-state index contributed by atoms with van der Waals surface area (Å²) in [6, 6.07) is 12.6. The molecule has 1 saturated heterocycles. The Bertz CT molecular complexity index is 1300. The topological polar surface area (TPSA) is 123 Å². The van der Waals surface area contributed by atoms with Crippen LogP contribution in [0.2, 0.25) is 0 Å². The van der Waals surface area contributed by atoms with E-state index in [4.69, 9.17) is 4.42 Å². The molecule has 1 amide bonds. The molecule has 2 N–H and O–H groups in total. The summed E-state index contributed by atoms with van der Waals surface area (Å²) in [5.74, 6) is 1.13.